The molecule has 0 radical (unpaired) electrons. The summed E-state index contributed by atoms with van der Waals surface area (Å²) in [6, 6.07) is 7.27. The highest BCUT2D eigenvalue weighted by molar-refractivity contribution is 5.78. The Morgan fingerprint density at radius 2 is 1.81 bits per heavy atom. The third kappa shape index (κ3) is 3.73. The minimum atomic E-state index is -0.0202. The van der Waals surface area contributed by atoms with Crippen molar-refractivity contribution in [3.63, 3.8) is 0 Å². The number of rotatable bonds is 3. The van der Waals surface area contributed by atoms with Crippen molar-refractivity contribution in [1.82, 2.24) is 35.5 Å². The van der Waals surface area contributed by atoms with Gasteiger partial charge in [0.15, 0.2) is 11.7 Å². The van der Waals surface area contributed by atoms with Gasteiger partial charge in [0.1, 0.15) is 11.3 Å². The number of nitrogens with zero attached hydrogens (tertiary/aromatic N) is 6. The minimum absolute atomic E-state index is 0.0202. The zero-order valence-electron chi connectivity index (χ0n) is 18.9. The molecule has 1 aliphatic heterocycles. The van der Waals surface area contributed by atoms with Gasteiger partial charge in [0.2, 0.25) is 5.65 Å². The lowest BCUT2D eigenvalue weighted by atomic mass is 9.80. The monoisotopic (exact) mass is 433 g/mol. The molecule has 32 heavy (non-hydrogen) atoms. The van der Waals surface area contributed by atoms with E-state index in [-0.39, 0.29) is 22.9 Å². The van der Waals surface area contributed by atoms with Crippen LogP contribution in [0.5, 0.6) is 5.75 Å². The zero-order chi connectivity index (χ0) is 22.7. The Hall–Kier alpha value is -3.33. The molecule has 0 bridgehead atoms. The Kier molecular flexibility index (Phi) is 4.56. The number of hydrogen-bond donors (Lipinski definition) is 2. The van der Waals surface area contributed by atoms with Crippen LogP contribution in [-0.2, 0) is 0 Å². The minimum Gasteiger partial charge on any atom is -0.507 e. The molecule has 9 nitrogen and oxygen atoms in total. The molecule has 1 saturated heterocycles. The van der Waals surface area contributed by atoms with E-state index in [0.29, 0.717) is 34.1 Å². The van der Waals surface area contributed by atoms with Gasteiger partial charge in [-0.05, 0) is 58.7 Å². The SMILES string of the molecule is Cc1ncc(-c2ccc(-c3cc4nnn(C5CC(C)(C)NC(C)(C)C5)c4nn3)c(O)c2)o1. The van der Waals surface area contributed by atoms with E-state index in [4.69, 9.17) is 4.42 Å². The molecule has 9 heteroatoms. The van der Waals surface area contributed by atoms with Crippen LogP contribution in [0.1, 0.15) is 52.5 Å². The highest BCUT2D eigenvalue weighted by Gasteiger charge is 2.39. The molecule has 0 unspecified atom stereocenters. The predicted molar refractivity (Wildman–Crippen MR) is 120 cm³/mol. The van der Waals surface area contributed by atoms with E-state index < -0.39 is 0 Å². The Bertz CT molecular complexity index is 1290. The van der Waals surface area contributed by atoms with Crippen molar-refractivity contribution in [2.75, 3.05) is 0 Å². The van der Waals surface area contributed by atoms with Crippen LogP contribution in [0.2, 0.25) is 0 Å². The van der Waals surface area contributed by atoms with Crippen LogP contribution >= 0.6 is 0 Å². The zero-order valence-corrected chi connectivity index (χ0v) is 18.9. The lowest BCUT2D eigenvalue weighted by Crippen LogP contribution is -2.58. The van der Waals surface area contributed by atoms with Crippen molar-refractivity contribution >= 4 is 11.2 Å². The summed E-state index contributed by atoms with van der Waals surface area (Å²) in [7, 11) is 0. The molecule has 1 aliphatic rings. The molecular formula is C23H27N7O2. The summed E-state index contributed by atoms with van der Waals surface area (Å²) in [6.45, 7) is 10.6. The lowest BCUT2D eigenvalue weighted by Gasteiger charge is -2.46. The van der Waals surface area contributed by atoms with Crippen LogP contribution in [-0.4, -0.2) is 46.4 Å². The van der Waals surface area contributed by atoms with Crippen molar-refractivity contribution in [1.29, 1.82) is 0 Å². The number of aromatic hydroxyl groups is 1. The van der Waals surface area contributed by atoms with Gasteiger partial charge in [0.25, 0.3) is 0 Å². The number of phenolic OH excluding ortho intramolecular Hbond substituents is 1. The number of nitrogens with one attached hydrogen (secondary N) is 1. The number of hydrogen-bond acceptors (Lipinski definition) is 8. The number of phenols is 1. The van der Waals surface area contributed by atoms with Gasteiger partial charge in [-0.2, -0.15) is 0 Å². The summed E-state index contributed by atoms with van der Waals surface area (Å²) in [5.74, 6) is 1.25. The molecule has 1 aromatic carbocycles. The van der Waals surface area contributed by atoms with Gasteiger partial charge in [0.05, 0.1) is 17.9 Å². The smallest absolute Gasteiger partial charge is 0.201 e. The van der Waals surface area contributed by atoms with Crippen molar-refractivity contribution in [3.05, 3.63) is 36.4 Å². The van der Waals surface area contributed by atoms with Crippen molar-refractivity contribution in [2.24, 2.45) is 0 Å². The second-order valence-corrected chi connectivity index (χ2v) is 9.90. The van der Waals surface area contributed by atoms with Gasteiger partial charge in [-0.15, -0.1) is 15.3 Å². The Labute approximate surface area is 185 Å². The van der Waals surface area contributed by atoms with Gasteiger partial charge in [0, 0.05) is 29.1 Å². The third-order valence-corrected chi connectivity index (χ3v) is 5.91. The number of aryl methyl sites for hydroxylation is 1. The van der Waals surface area contributed by atoms with Gasteiger partial charge in [-0.3, -0.25) is 0 Å². The molecule has 4 heterocycles. The quantitative estimate of drug-likeness (QED) is 0.497. The topological polar surface area (TPSA) is 115 Å². The molecule has 2 N–H and O–H groups in total. The standard InChI is InChI=1S/C23H27N7O2/c1-13-24-12-20(32-13)14-6-7-16(19(31)8-14)17-9-18-21(27-25-17)30(29-26-18)15-10-22(2,3)28-23(4,5)11-15/h6-9,12,15,28,31H,10-11H2,1-5H3. The fourth-order valence-corrected chi connectivity index (χ4v) is 4.97. The van der Waals surface area contributed by atoms with E-state index in [2.05, 4.69) is 58.5 Å². The molecule has 0 saturated carbocycles. The average molecular weight is 434 g/mol. The Morgan fingerprint density at radius 3 is 2.47 bits per heavy atom. The van der Waals surface area contributed by atoms with Crippen LogP contribution in [0.25, 0.3) is 33.7 Å². The molecular weight excluding hydrogens is 406 g/mol. The van der Waals surface area contributed by atoms with E-state index in [0.717, 1.165) is 18.4 Å². The predicted octanol–water partition coefficient (Wildman–Crippen LogP) is 4.04. The number of fused-ring (bicyclic) bond motifs is 1. The third-order valence-electron chi connectivity index (χ3n) is 5.91. The summed E-state index contributed by atoms with van der Waals surface area (Å²) < 4.78 is 7.44. The summed E-state index contributed by atoms with van der Waals surface area (Å²) in [5.41, 5.74) is 3.11. The Balaban J connectivity index is 1.48. The maximum Gasteiger partial charge on any atom is 0.201 e. The summed E-state index contributed by atoms with van der Waals surface area (Å²) in [6.07, 6.45) is 3.47. The normalized spacial score (nSPS) is 18.3. The number of aromatic nitrogens is 6. The molecule has 4 aromatic rings. The van der Waals surface area contributed by atoms with Crippen molar-refractivity contribution < 1.29 is 9.52 Å². The van der Waals surface area contributed by atoms with Crippen LogP contribution in [0.3, 0.4) is 0 Å². The number of piperidine rings is 1. The van der Waals surface area contributed by atoms with E-state index in [9.17, 15) is 5.11 Å². The Morgan fingerprint density at radius 1 is 1.06 bits per heavy atom. The summed E-state index contributed by atoms with van der Waals surface area (Å²) in [4.78, 5) is 4.10. The fraction of sp³-hybridized carbons (Fsp3) is 0.435. The first-order valence-electron chi connectivity index (χ1n) is 10.7. The summed E-state index contributed by atoms with van der Waals surface area (Å²) in [5, 5.41) is 31.9. The first kappa shape index (κ1) is 20.6. The second kappa shape index (κ2) is 7.09. The second-order valence-electron chi connectivity index (χ2n) is 9.90. The molecule has 0 atom stereocenters. The first-order valence-corrected chi connectivity index (χ1v) is 10.7. The van der Waals surface area contributed by atoms with Gasteiger partial charge >= 0.3 is 0 Å². The van der Waals surface area contributed by atoms with E-state index >= 15 is 0 Å². The summed E-state index contributed by atoms with van der Waals surface area (Å²) >= 11 is 0. The van der Waals surface area contributed by atoms with E-state index in [1.165, 1.54) is 0 Å². The maximum absolute atomic E-state index is 10.6. The largest absolute Gasteiger partial charge is 0.507 e. The van der Waals surface area contributed by atoms with Crippen LogP contribution in [0, 0.1) is 6.92 Å². The number of oxazole rings is 1. The molecule has 1 fully saturated rings. The van der Waals surface area contributed by atoms with E-state index in [1.54, 1.807) is 25.3 Å². The average Bonchev–Trinajstić information content (AvgIpc) is 3.31. The molecule has 166 valence electrons. The molecule has 0 amide bonds. The van der Waals surface area contributed by atoms with Crippen molar-refractivity contribution in [2.45, 2.75) is 64.6 Å². The van der Waals surface area contributed by atoms with Crippen molar-refractivity contribution in [3.8, 4) is 28.3 Å². The molecule has 3 aromatic heterocycles. The fourth-order valence-electron chi connectivity index (χ4n) is 4.97. The molecule has 5 rings (SSSR count). The van der Waals surface area contributed by atoms with Crippen LogP contribution < -0.4 is 5.32 Å². The van der Waals surface area contributed by atoms with Crippen LogP contribution in [0.15, 0.2) is 34.9 Å². The van der Waals surface area contributed by atoms with Gasteiger partial charge < -0.3 is 14.8 Å². The number of benzene rings is 1. The highest BCUT2D eigenvalue weighted by Crippen LogP contribution is 2.37. The first-order chi connectivity index (χ1) is 15.1. The van der Waals surface area contributed by atoms with Gasteiger partial charge in [-0.1, -0.05) is 11.3 Å². The molecule has 0 aliphatic carbocycles. The van der Waals surface area contributed by atoms with Crippen LogP contribution in [0.4, 0.5) is 0 Å². The maximum atomic E-state index is 10.6. The molecule has 0 spiro atoms. The highest BCUT2D eigenvalue weighted by atomic mass is 16.4. The van der Waals surface area contributed by atoms with Gasteiger partial charge in [-0.25, -0.2) is 9.67 Å². The van der Waals surface area contributed by atoms with E-state index in [1.807, 2.05) is 16.8 Å². The lowest BCUT2D eigenvalue weighted by molar-refractivity contribution is 0.127.